The normalized spacial score (nSPS) is 15.5. The topological polar surface area (TPSA) is 50.8 Å². The fourth-order valence-electron chi connectivity index (χ4n) is 3.43. The molecule has 0 radical (unpaired) electrons. The Morgan fingerprint density at radius 1 is 1.21 bits per heavy atom. The van der Waals surface area contributed by atoms with Crippen LogP contribution in [-0.4, -0.2) is 39.3 Å². The van der Waals surface area contributed by atoms with Crippen molar-refractivity contribution in [2.24, 2.45) is 0 Å². The second-order valence-electron chi connectivity index (χ2n) is 6.66. The SMILES string of the molecule is COC(=O)c1cc(C)c2c(c1)SCc1cc(N3CCNCC3)cc(Cl)c1O2.Cl. The van der Waals surface area contributed by atoms with E-state index >= 15 is 0 Å². The molecular formula is C20H22Cl2N2O3S. The van der Waals surface area contributed by atoms with Gasteiger partial charge in [-0.2, -0.15) is 0 Å². The number of methoxy groups -OCH3 is 1. The van der Waals surface area contributed by atoms with E-state index in [9.17, 15) is 4.79 Å². The monoisotopic (exact) mass is 440 g/mol. The van der Waals surface area contributed by atoms with E-state index in [-0.39, 0.29) is 18.4 Å². The number of thioether (sulfide) groups is 1. The highest BCUT2D eigenvalue weighted by atomic mass is 35.5. The second kappa shape index (κ2) is 8.82. The van der Waals surface area contributed by atoms with Crippen LogP contribution in [0.2, 0.25) is 5.02 Å². The summed E-state index contributed by atoms with van der Waals surface area (Å²) < 4.78 is 11.1. The molecule has 4 rings (SSSR count). The van der Waals surface area contributed by atoms with Crippen LogP contribution in [-0.2, 0) is 10.5 Å². The van der Waals surface area contributed by atoms with Gasteiger partial charge in [-0.25, -0.2) is 4.79 Å². The van der Waals surface area contributed by atoms with Gasteiger partial charge in [-0.05, 0) is 36.8 Å². The number of esters is 1. The average Bonchev–Trinajstić information content (AvgIpc) is 2.88. The van der Waals surface area contributed by atoms with Crippen LogP contribution in [0.4, 0.5) is 5.69 Å². The molecule has 2 aromatic carbocycles. The van der Waals surface area contributed by atoms with E-state index in [2.05, 4.69) is 16.3 Å². The van der Waals surface area contributed by atoms with Gasteiger partial charge in [0.15, 0.2) is 0 Å². The summed E-state index contributed by atoms with van der Waals surface area (Å²) in [5.41, 5.74) is 3.61. The lowest BCUT2D eigenvalue weighted by molar-refractivity contribution is 0.0600. The van der Waals surface area contributed by atoms with Gasteiger partial charge >= 0.3 is 5.97 Å². The van der Waals surface area contributed by atoms with E-state index in [0.717, 1.165) is 59.4 Å². The number of halogens is 2. The van der Waals surface area contributed by atoms with E-state index in [1.807, 2.05) is 19.1 Å². The van der Waals surface area contributed by atoms with E-state index in [0.29, 0.717) is 16.3 Å². The largest absolute Gasteiger partial charge is 0.465 e. The van der Waals surface area contributed by atoms with Crippen molar-refractivity contribution in [3.8, 4) is 11.5 Å². The van der Waals surface area contributed by atoms with Crippen molar-refractivity contribution in [1.29, 1.82) is 0 Å². The van der Waals surface area contributed by atoms with Crippen LogP contribution < -0.4 is 15.0 Å². The maximum atomic E-state index is 11.9. The number of hydrogen-bond donors (Lipinski definition) is 1. The minimum atomic E-state index is -0.345. The molecule has 2 heterocycles. The van der Waals surface area contributed by atoms with Crippen molar-refractivity contribution >= 4 is 47.4 Å². The predicted octanol–water partition coefficient (Wildman–Crippen LogP) is 4.66. The minimum absolute atomic E-state index is 0. The van der Waals surface area contributed by atoms with Crippen LogP contribution in [0.15, 0.2) is 29.2 Å². The van der Waals surface area contributed by atoms with Crippen molar-refractivity contribution in [2.45, 2.75) is 17.6 Å². The molecule has 0 aliphatic carbocycles. The molecule has 0 bridgehead atoms. The molecule has 0 spiro atoms. The van der Waals surface area contributed by atoms with Gasteiger partial charge in [0, 0.05) is 43.2 Å². The van der Waals surface area contributed by atoms with Gasteiger partial charge in [0.1, 0.15) is 11.5 Å². The fraction of sp³-hybridized carbons (Fsp3) is 0.350. The number of rotatable bonds is 2. The molecule has 2 aliphatic rings. The first-order valence-electron chi connectivity index (χ1n) is 8.88. The Balaban J connectivity index is 0.00000225. The number of benzene rings is 2. The molecule has 2 aromatic rings. The Bertz CT molecular complexity index is 902. The maximum Gasteiger partial charge on any atom is 0.337 e. The first-order chi connectivity index (χ1) is 13.1. The first kappa shape index (κ1) is 21.1. The molecule has 0 atom stereocenters. The summed E-state index contributed by atoms with van der Waals surface area (Å²) in [5, 5.41) is 3.98. The minimum Gasteiger partial charge on any atom is -0.465 e. The Kier molecular flexibility index (Phi) is 6.65. The van der Waals surface area contributed by atoms with Crippen molar-refractivity contribution in [3.63, 3.8) is 0 Å². The smallest absolute Gasteiger partial charge is 0.337 e. The number of nitrogens with one attached hydrogen (secondary N) is 1. The molecule has 1 fully saturated rings. The maximum absolute atomic E-state index is 11.9. The van der Waals surface area contributed by atoms with Gasteiger partial charge in [-0.15, -0.1) is 24.2 Å². The standard InChI is InChI=1S/C20H21ClN2O3S.ClH/c1-12-7-13(20(24)25-2)9-17-18(12)26-19-14(11-27-17)8-15(10-16(19)21)23-5-3-22-4-6-23;/h7-10,22H,3-6,11H2,1-2H3;1H. The fourth-order valence-corrected chi connectivity index (χ4v) is 4.78. The molecule has 0 unspecified atom stereocenters. The summed E-state index contributed by atoms with van der Waals surface area (Å²) in [6.45, 7) is 5.80. The Morgan fingerprint density at radius 2 is 1.96 bits per heavy atom. The third-order valence-corrected chi connectivity index (χ3v) is 6.19. The summed E-state index contributed by atoms with van der Waals surface area (Å²) in [7, 11) is 1.39. The molecule has 0 saturated carbocycles. The number of carbonyl (C=O) groups excluding carboxylic acids is 1. The molecule has 0 amide bonds. The molecule has 0 aromatic heterocycles. The number of nitrogens with zero attached hydrogens (tertiary/aromatic N) is 1. The lowest BCUT2D eigenvalue weighted by Gasteiger charge is -2.30. The number of carbonyl (C=O) groups is 1. The zero-order valence-electron chi connectivity index (χ0n) is 15.7. The van der Waals surface area contributed by atoms with Crippen molar-refractivity contribution in [3.05, 3.63) is 46.0 Å². The number of fused-ring (bicyclic) bond motifs is 2. The highest BCUT2D eigenvalue weighted by molar-refractivity contribution is 7.98. The van der Waals surface area contributed by atoms with Gasteiger partial charge < -0.3 is 19.7 Å². The average molecular weight is 441 g/mol. The van der Waals surface area contributed by atoms with Gasteiger partial charge in [-0.3, -0.25) is 0 Å². The van der Waals surface area contributed by atoms with Crippen molar-refractivity contribution < 1.29 is 14.3 Å². The quantitative estimate of drug-likeness (QED) is 0.684. The van der Waals surface area contributed by atoms with Crippen LogP contribution in [0.1, 0.15) is 21.5 Å². The van der Waals surface area contributed by atoms with Gasteiger partial charge in [0.25, 0.3) is 0 Å². The second-order valence-corrected chi connectivity index (χ2v) is 8.08. The van der Waals surface area contributed by atoms with E-state index in [1.54, 1.807) is 17.8 Å². The summed E-state index contributed by atoms with van der Waals surface area (Å²) >= 11 is 8.26. The molecule has 2 aliphatic heterocycles. The molecule has 150 valence electrons. The summed E-state index contributed by atoms with van der Waals surface area (Å²) in [6, 6.07) is 7.77. The number of anilines is 1. The highest BCUT2D eigenvalue weighted by Gasteiger charge is 2.23. The summed E-state index contributed by atoms with van der Waals surface area (Å²) in [6.07, 6.45) is 0. The molecule has 1 N–H and O–H groups in total. The zero-order valence-corrected chi connectivity index (χ0v) is 18.1. The lowest BCUT2D eigenvalue weighted by atomic mass is 10.1. The first-order valence-corrected chi connectivity index (χ1v) is 10.2. The van der Waals surface area contributed by atoms with Crippen molar-refractivity contribution in [2.75, 3.05) is 38.2 Å². The van der Waals surface area contributed by atoms with E-state index in [4.69, 9.17) is 21.1 Å². The van der Waals surface area contributed by atoms with Gasteiger partial charge in [0.05, 0.1) is 22.6 Å². The third kappa shape index (κ3) is 4.06. The number of aryl methyl sites for hydroxylation is 1. The van der Waals surface area contributed by atoms with Crippen LogP contribution in [0.5, 0.6) is 11.5 Å². The molecule has 28 heavy (non-hydrogen) atoms. The summed E-state index contributed by atoms with van der Waals surface area (Å²) in [5.74, 6) is 1.84. The molecular weight excluding hydrogens is 419 g/mol. The van der Waals surface area contributed by atoms with E-state index in [1.165, 1.54) is 7.11 Å². The Hall–Kier alpha value is -1.60. The van der Waals surface area contributed by atoms with Crippen LogP contribution >= 0.6 is 35.8 Å². The van der Waals surface area contributed by atoms with Crippen LogP contribution in [0.3, 0.4) is 0 Å². The predicted molar refractivity (Wildman–Crippen MR) is 116 cm³/mol. The number of piperazine rings is 1. The Labute approximate surface area is 180 Å². The van der Waals surface area contributed by atoms with Gasteiger partial charge in [-0.1, -0.05) is 11.6 Å². The molecule has 5 nitrogen and oxygen atoms in total. The zero-order chi connectivity index (χ0) is 19.0. The lowest BCUT2D eigenvalue weighted by Crippen LogP contribution is -2.43. The molecule has 1 saturated heterocycles. The summed E-state index contributed by atoms with van der Waals surface area (Å²) in [4.78, 5) is 15.2. The van der Waals surface area contributed by atoms with Crippen molar-refractivity contribution in [1.82, 2.24) is 5.32 Å². The Morgan fingerprint density at radius 3 is 2.68 bits per heavy atom. The number of ether oxygens (including phenoxy) is 2. The molecule has 8 heteroatoms. The third-order valence-electron chi connectivity index (χ3n) is 4.84. The van der Waals surface area contributed by atoms with Crippen LogP contribution in [0, 0.1) is 6.92 Å². The highest BCUT2D eigenvalue weighted by Crippen LogP contribution is 2.47. The van der Waals surface area contributed by atoms with Crippen LogP contribution in [0.25, 0.3) is 0 Å². The number of hydrogen-bond acceptors (Lipinski definition) is 6. The van der Waals surface area contributed by atoms with Gasteiger partial charge in [0.2, 0.25) is 0 Å². The van der Waals surface area contributed by atoms with E-state index < -0.39 is 0 Å².